The van der Waals surface area contributed by atoms with Gasteiger partial charge in [-0.3, -0.25) is 4.79 Å². The SMILES string of the molecule is Cc1c(Cl)ccc2sc(NC(=O)[C@@H]3CCCCN3)nc12. The maximum absolute atomic E-state index is 12.2. The number of amides is 1. The van der Waals surface area contributed by atoms with Gasteiger partial charge in [0.05, 0.1) is 16.3 Å². The summed E-state index contributed by atoms with van der Waals surface area (Å²) in [6.07, 6.45) is 3.13. The predicted molar refractivity (Wildman–Crippen MR) is 83.6 cm³/mol. The number of hydrogen-bond acceptors (Lipinski definition) is 4. The Bertz CT molecular complexity index is 649. The van der Waals surface area contributed by atoms with E-state index in [9.17, 15) is 4.79 Å². The minimum absolute atomic E-state index is 0.00695. The van der Waals surface area contributed by atoms with Crippen LogP contribution in [0.25, 0.3) is 10.2 Å². The number of aromatic nitrogens is 1. The molecular weight excluding hydrogens is 294 g/mol. The van der Waals surface area contributed by atoms with Gasteiger partial charge in [-0.25, -0.2) is 4.98 Å². The number of carbonyl (C=O) groups excluding carboxylic acids is 1. The first-order valence-electron chi connectivity index (χ1n) is 6.75. The number of fused-ring (bicyclic) bond motifs is 1. The monoisotopic (exact) mass is 309 g/mol. The second kappa shape index (κ2) is 5.68. The first-order valence-corrected chi connectivity index (χ1v) is 7.94. The van der Waals surface area contributed by atoms with E-state index in [-0.39, 0.29) is 11.9 Å². The van der Waals surface area contributed by atoms with Gasteiger partial charge in [-0.05, 0) is 44.0 Å². The van der Waals surface area contributed by atoms with Crippen LogP contribution < -0.4 is 10.6 Å². The van der Waals surface area contributed by atoms with E-state index in [1.165, 1.54) is 11.3 Å². The van der Waals surface area contributed by atoms with E-state index in [1.807, 2.05) is 19.1 Å². The minimum Gasteiger partial charge on any atom is -0.306 e. The van der Waals surface area contributed by atoms with Crippen molar-refractivity contribution in [3.8, 4) is 0 Å². The zero-order chi connectivity index (χ0) is 14.1. The van der Waals surface area contributed by atoms with Crippen LogP contribution >= 0.6 is 22.9 Å². The highest BCUT2D eigenvalue weighted by Gasteiger charge is 2.21. The average molecular weight is 310 g/mol. The Balaban J connectivity index is 1.80. The lowest BCUT2D eigenvalue weighted by molar-refractivity contribution is -0.118. The van der Waals surface area contributed by atoms with Crippen molar-refractivity contribution in [2.45, 2.75) is 32.2 Å². The van der Waals surface area contributed by atoms with Crippen molar-refractivity contribution in [3.05, 3.63) is 22.7 Å². The molecule has 2 heterocycles. The van der Waals surface area contributed by atoms with Gasteiger partial charge in [-0.1, -0.05) is 29.4 Å². The maximum Gasteiger partial charge on any atom is 0.243 e. The van der Waals surface area contributed by atoms with Crippen molar-refractivity contribution in [2.75, 3.05) is 11.9 Å². The van der Waals surface area contributed by atoms with Gasteiger partial charge in [0.1, 0.15) is 0 Å². The summed E-state index contributed by atoms with van der Waals surface area (Å²) in [6.45, 7) is 2.85. The summed E-state index contributed by atoms with van der Waals surface area (Å²) < 4.78 is 1.04. The number of aryl methyl sites for hydroxylation is 1. The zero-order valence-corrected chi connectivity index (χ0v) is 12.8. The van der Waals surface area contributed by atoms with Crippen LogP contribution in [0.1, 0.15) is 24.8 Å². The van der Waals surface area contributed by atoms with Gasteiger partial charge in [0, 0.05) is 5.02 Å². The number of benzene rings is 1. The number of carbonyl (C=O) groups is 1. The summed E-state index contributed by atoms with van der Waals surface area (Å²) >= 11 is 7.57. The number of nitrogens with zero attached hydrogens (tertiary/aromatic N) is 1. The summed E-state index contributed by atoms with van der Waals surface area (Å²) in [6, 6.07) is 3.71. The molecule has 1 aliphatic rings. The molecule has 1 aliphatic heterocycles. The molecule has 6 heteroatoms. The summed E-state index contributed by atoms with van der Waals surface area (Å²) in [4.78, 5) is 16.6. The number of anilines is 1. The van der Waals surface area contributed by atoms with Crippen LogP contribution in [0.4, 0.5) is 5.13 Å². The highest BCUT2D eigenvalue weighted by atomic mass is 35.5. The summed E-state index contributed by atoms with van der Waals surface area (Å²) in [5.74, 6) is 0.00695. The standard InChI is InChI=1S/C14H16ClN3OS/c1-8-9(15)5-6-11-12(8)17-14(20-11)18-13(19)10-4-2-3-7-16-10/h5-6,10,16H,2-4,7H2,1H3,(H,17,18,19)/t10-/m0/s1. The number of piperidine rings is 1. The third-order valence-electron chi connectivity index (χ3n) is 3.60. The Morgan fingerprint density at radius 2 is 2.35 bits per heavy atom. The van der Waals surface area contributed by atoms with E-state index in [1.54, 1.807) is 0 Å². The van der Waals surface area contributed by atoms with Crippen molar-refractivity contribution in [2.24, 2.45) is 0 Å². The fraction of sp³-hybridized carbons (Fsp3) is 0.429. The molecule has 3 rings (SSSR count). The van der Waals surface area contributed by atoms with Crippen LogP contribution in [0.3, 0.4) is 0 Å². The molecule has 1 aromatic heterocycles. The summed E-state index contributed by atoms with van der Waals surface area (Å²) in [5, 5.41) is 7.49. The topological polar surface area (TPSA) is 54.0 Å². The first kappa shape index (κ1) is 13.8. The second-order valence-corrected chi connectivity index (χ2v) is 6.47. The minimum atomic E-state index is -0.0968. The van der Waals surface area contributed by atoms with Gasteiger partial charge in [0.15, 0.2) is 5.13 Å². The smallest absolute Gasteiger partial charge is 0.243 e. The van der Waals surface area contributed by atoms with E-state index in [2.05, 4.69) is 15.6 Å². The van der Waals surface area contributed by atoms with Crippen LogP contribution in [0, 0.1) is 6.92 Å². The number of thiazole rings is 1. The predicted octanol–water partition coefficient (Wildman–Crippen LogP) is 3.34. The first-order chi connectivity index (χ1) is 9.65. The lowest BCUT2D eigenvalue weighted by atomic mass is 10.0. The van der Waals surface area contributed by atoms with Crippen LogP contribution in [0.15, 0.2) is 12.1 Å². The fourth-order valence-corrected chi connectivity index (χ4v) is 3.50. The molecule has 0 spiro atoms. The Kier molecular flexibility index (Phi) is 3.92. The fourth-order valence-electron chi connectivity index (χ4n) is 2.42. The zero-order valence-electron chi connectivity index (χ0n) is 11.2. The Morgan fingerprint density at radius 1 is 1.50 bits per heavy atom. The van der Waals surface area contributed by atoms with Gasteiger partial charge < -0.3 is 10.6 Å². The molecule has 1 saturated heterocycles. The molecule has 1 atom stereocenters. The Labute approximate surface area is 126 Å². The molecule has 20 heavy (non-hydrogen) atoms. The van der Waals surface area contributed by atoms with Crippen molar-refractivity contribution >= 4 is 44.2 Å². The number of rotatable bonds is 2. The quantitative estimate of drug-likeness (QED) is 0.894. The van der Waals surface area contributed by atoms with Crippen LogP contribution in [-0.4, -0.2) is 23.5 Å². The molecule has 1 amide bonds. The molecule has 0 radical (unpaired) electrons. The molecule has 0 unspecified atom stereocenters. The van der Waals surface area contributed by atoms with Crippen LogP contribution in [0.5, 0.6) is 0 Å². The lowest BCUT2D eigenvalue weighted by Gasteiger charge is -2.21. The molecule has 2 aromatic rings. The molecule has 1 fully saturated rings. The third-order valence-corrected chi connectivity index (χ3v) is 4.95. The van der Waals surface area contributed by atoms with E-state index in [0.29, 0.717) is 10.2 Å². The van der Waals surface area contributed by atoms with Gasteiger partial charge in [0.2, 0.25) is 5.91 Å². The Hall–Kier alpha value is -1.17. The molecule has 0 bridgehead atoms. The van der Waals surface area contributed by atoms with Crippen molar-refractivity contribution < 1.29 is 4.79 Å². The third kappa shape index (κ3) is 2.66. The molecule has 0 saturated carbocycles. The molecule has 0 aliphatic carbocycles. The van der Waals surface area contributed by atoms with Gasteiger partial charge >= 0.3 is 0 Å². The number of halogens is 1. The van der Waals surface area contributed by atoms with E-state index in [4.69, 9.17) is 11.6 Å². The van der Waals surface area contributed by atoms with E-state index >= 15 is 0 Å². The van der Waals surface area contributed by atoms with Crippen molar-refractivity contribution in [1.82, 2.24) is 10.3 Å². The van der Waals surface area contributed by atoms with Crippen LogP contribution in [-0.2, 0) is 4.79 Å². The van der Waals surface area contributed by atoms with Crippen molar-refractivity contribution in [3.63, 3.8) is 0 Å². The molecular formula is C14H16ClN3OS. The van der Waals surface area contributed by atoms with Gasteiger partial charge in [-0.15, -0.1) is 0 Å². The highest BCUT2D eigenvalue weighted by molar-refractivity contribution is 7.22. The van der Waals surface area contributed by atoms with Crippen molar-refractivity contribution in [1.29, 1.82) is 0 Å². The summed E-state index contributed by atoms with van der Waals surface area (Å²) in [5.41, 5.74) is 1.83. The summed E-state index contributed by atoms with van der Waals surface area (Å²) in [7, 11) is 0. The molecule has 106 valence electrons. The Morgan fingerprint density at radius 3 is 3.10 bits per heavy atom. The molecule has 2 N–H and O–H groups in total. The highest BCUT2D eigenvalue weighted by Crippen LogP contribution is 2.31. The lowest BCUT2D eigenvalue weighted by Crippen LogP contribution is -2.43. The number of hydrogen-bond donors (Lipinski definition) is 2. The second-order valence-electron chi connectivity index (χ2n) is 5.03. The van der Waals surface area contributed by atoms with Gasteiger partial charge in [-0.2, -0.15) is 0 Å². The van der Waals surface area contributed by atoms with E-state index in [0.717, 1.165) is 41.6 Å². The normalized spacial score (nSPS) is 19.2. The number of nitrogens with one attached hydrogen (secondary N) is 2. The van der Waals surface area contributed by atoms with Gasteiger partial charge in [0.25, 0.3) is 0 Å². The van der Waals surface area contributed by atoms with Crippen LogP contribution in [0.2, 0.25) is 5.02 Å². The molecule has 4 nitrogen and oxygen atoms in total. The largest absolute Gasteiger partial charge is 0.306 e. The maximum atomic E-state index is 12.2. The average Bonchev–Trinajstić information content (AvgIpc) is 2.87. The van der Waals surface area contributed by atoms with E-state index < -0.39 is 0 Å². The molecule has 1 aromatic carbocycles.